The first-order chi connectivity index (χ1) is 10.4. The van der Waals surface area contributed by atoms with Crippen LogP contribution in [0.1, 0.15) is 33.1 Å². The summed E-state index contributed by atoms with van der Waals surface area (Å²) in [6, 6.07) is -2.02. The van der Waals surface area contributed by atoms with E-state index in [1.807, 2.05) is 6.92 Å². The number of nitrogens with zero attached hydrogens (tertiary/aromatic N) is 1. The van der Waals surface area contributed by atoms with Gasteiger partial charge in [0, 0.05) is 13.2 Å². The van der Waals surface area contributed by atoms with Gasteiger partial charge in [-0.2, -0.15) is 0 Å². The summed E-state index contributed by atoms with van der Waals surface area (Å²) in [4.78, 5) is 37.0. The number of rotatable bonds is 6. The Morgan fingerprint density at radius 1 is 1.32 bits per heavy atom. The zero-order chi connectivity index (χ0) is 16.9. The molecule has 126 valence electrons. The molecule has 1 aliphatic rings. The Hall–Kier alpha value is -1.83. The van der Waals surface area contributed by atoms with E-state index in [2.05, 4.69) is 10.1 Å². The predicted molar refractivity (Wildman–Crippen MR) is 77.4 cm³/mol. The number of nitrogens with one attached hydrogen (secondary N) is 1. The van der Waals surface area contributed by atoms with Gasteiger partial charge in [0.15, 0.2) is 0 Å². The van der Waals surface area contributed by atoms with Gasteiger partial charge in [-0.05, 0) is 26.2 Å². The van der Waals surface area contributed by atoms with Crippen LogP contribution in [-0.4, -0.2) is 66.4 Å². The second-order valence-corrected chi connectivity index (χ2v) is 5.29. The first kappa shape index (κ1) is 18.2. The Kier molecular flexibility index (Phi) is 6.61. The number of ether oxygens (including phenoxy) is 2. The highest BCUT2D eigenvalue weighted by atomic mass is 16.5. The number of carbonyl (C=O) groups excluding carboxylic acids is 2. The molecule has 0 radical (unpaired) electrons. The first-order valence-corrected chi connectivity index (χ1v) is 7.29. The van der Waals surface area contributed by atoms with Gasteiger partial charge < -0.3 is 24.8 Å². The van der Waals surface area contributed by atoms with E-state index in [0.29, 0.717) is 19.3 Å². The van der Waals surface area contributed by atoms with Crippen LogP contribution in [-0.2, 0) is 19.1 Å². The van der Waals surface area contributed by atoms with Gasteiger partial charge in [-0.1, -0.05) is 6.92 Å². The number of hydrogen-bond acceptors (Lipinski definition) is 5. The first-order valence-electron chi connectivity index (χ1n) is 7.29. The average Bonchev–Trinajstić information content (AvgIpc) is 2.94. The smallest absolute Gasteiger partial charge is 0.407 e. The number of carboxylic acids is 1. The maximum Gasteiger partial charge on any atom is 0.407 e. The van der Waals surface area contributed by atoms with E-state index in [-0.39, 0.29) is 6.04 Å². The van der Waals surface area contributed by atoms with Crippen molar-refractivity contribution in [2.45, 2.75) is 57.3 Å². The van der Waals surface area contributed by atoms with Crippen molar-refractivity contribution in [2.24, 2.45) is 0 Å². The third-order valence-electron chi connectivity index (χ3n) is 4.08. The molecule has 1 rings (SSSR count). The standard InChI is InChI=1S/C14H24N2O6/c1-5-9-6-7-10(13(18)19)16(9)12(17)11(8(2)21-3)15-14(20)22-4/h8-11H,5-7H2,1-4H3,(H,15,20)(H,18,19)/t8-,9+,10+,11+/m1/s1. The van der Waals surface area contributed by atoms with Crippen LogP contribution >= 0.6 is 0 Å². The maximum atomic E-state index is 12.8. The van der Waals surface area contributed by atoms with Gasteiger partial charge in [0.05, 0.1) is 13.2 Å². The van der Waals surface area contributed by atoms with E-state index in [4.69, 9.17) is 4.74 Å². The molecule has 0 aromatic carbocycles. The largest absolute Gasteiger partial charge is 0.480 e. The van der Waals surface area contributed by atoms with E-state index >= 15 is 0 Å². The predicted octanol–water partition coefficient (Wildman–Crippen LogP) is 0.600. The molecule has 0 aromatic heterocycles. The molecule has 1 aliphatic heterocycles. The summed E-state index contributed by atoms with van der Waals surface area (Å²) >= 11 is 0. The van der Waals surface area contributed by atoms with Crippen molar-refractivity contribution in [3.8, 4) is 0 Å². The van der Waals surface area contributed by atoms with Gasteiger partial charge in [0.1, 0.15) is 12.1 Å². The fourth-order valence-electron chi connectivity index (χ4n) is 2.72. The zero-order valence-corrected chi connectivity index (χ0v) is 13.4. The zero-order valence-electron chi connectivity index (χ0n) is 13.4. The summed E-state index contributed by atoms with van der Waals surface area (Å²) in [7, 11) is 2.61. The molecule has 0 saturated carbocycles. The number of aliphatic carboxylic acids is 1. The number of likely N-dealkylation sites (tertiary alicyclic amines) is 1. The molecule has 0 aromatic rings. The number of carbonyl (C=O) groups is 3. The van der Waals surface area contributed by atoms with Gasteiger partial charge in [-0.3, -0.25) is 4.79 Å². The van der Waals surface area contributed by atoms with Crippen LogP contribution in [0.2, 0.25) is 0 Å². The number of methoxy groups -OCH3 is 2. The Morgan fingerprint density at radius 2 is 1.95 bits per heavy atom. The van der Waals surface area contributed by atoms with Crippen molar-refractivity contribution in [1.29, 1.82) is 0 Å². The second kappa shape index (κ2) is 7.98. The van der Waals surface area contributed by atoms with Crippen LogP contribution < -0.4 is 5.32 Å². The van der Waals surface area contributed by atoms with Crippen LogP contribution in [0, 0.1) is 0 Å². The Labute approximate surface area is 129 Å². The van der Waals surface area contributed by atoms with Crippen LogP contribution in [0.5, 0.6) is 0 Å². The number of alkyl carbamates (subject to hydrolysis) is 1. The molecule has 0 spiro atoms. The summed E-state index contributed by atoms with van der Waals surface area (Å²) in [5.74, 6) is -1.50. The van der Waals surface area contributed by atoms with Crippen molar-refractivity contribution in [1.82, 2.24) is 10.2 Å². The molecule has 8 nitrogen and oxygen atoms in total. The molecule has 8 heteroatoms. The molecule has 0 aliphatic carbocycles. The summed E-state index contributed by atoms with van der Waals surface area (Å²) in [6.45, 7) is 3.53. The lowest BCUT2D eigenvalue weighted by Crippen LogP contribution is -2.57. The molecular formula is C14H24N2O6. The summed E-state index contributed by atoms with van der Waals surface area (Å²) in [5.41, 5.74) is 0. The Bertz CT molecular complexity index is 428. The second-order valence-electron chi connectivity index (χ2n) is 5.29. The van der Waals surface area contributed by atoms with Crippen LogP contribution in [0.15, 0.2) is 0 Å². The summed E-state index contributed by atoms with van der Waals surface area (Å²) in [6.07, 6.45) is 0.319. The van der Waals surface area contributed by atoms with Crippen molar-refractivity contribution >= 4 is 18.0 Å². The minimum atomic E-state index is -1.04. The quantitative estimate of drug-likeness (QED) is 0.743. The van der Waals surface area contributed by atoms with Crippen molar-refractivity contribution in [3.05, 3.63) is 0 Å². The minimum Gasteiger partial charge on any atom is -0.480 e. The van der Waals surface area contributed by atoms with E-state index in [1.54, 1.807) is 6.92 Å². The Balaban J connectivity index is 3.03. The molecule has 2 amide bonds. The van der Waals surface area contributed by atoms with E-state index in [0.717, 1.165) is 0 Å². The van der Waals surface area contributed by atoms with Crippen molar-refractivity contribution in [2.75, 3.05) is 14.2 Å². The molecule has 2 N–H and O–H groups in total. The van der Waals surface area contributed by atoms with Crippen molar-refractivity contribution < 1.29 is 29.0 Å². The summed E-state index contributed by atoms with van der Waals surface area (Å²) < 4.78 is 9.66. The fourth-order valence-corrected chi connectivity index (χ4v) is 2.72. The van der Waals surface area contributed by atoms with Gasteiger partial charge in [-0.15, -0.1) is 0 Å². The molecule has 4 atom stereocenters. The molecule has 1 heterocycles. The number of amides is 2. The third kappa shape index (κ3) is 3.88. The SMILES string of the molecule is CC[C@H]1CC[C@@H](C(=O)O)N1C(=O)[C@@H](NC(=O)OC)[C@@H](C)OC. The third-order valence-corrected chi connectivity index (χ3v) is 4.08. The highest BCUT2D eigenvalue weighted by molar-refractivity contribution is 5.90. The van der Waals surface area contributed by atoms with Gasteiger partial charge in [-0.25, -0.2) is 9.59 Å². The lowest BCUT2D eigenvalue weighted by molar-refractivity contribution is -0.152. The summed E-state index contributed by atoms with van der Waals surface area (Å²) in [5, 5.41) is 11.7. The van der Waals surface area contributed by atoms with E-state index < -0.39 is 36.2 Å². The molecule has 0 bridgehead atoms. The fraction of sp³-hybridized carbons (Fsp3) is 0.786. The van der Waals surface area contributed by atoms with Crippen molar-refractivity contribution in [3.63, 3.8) is 0 Å². The molecule has 1 fully saturated rings. The van der Waals surface area contributed by atoms with Gasteiger partial charge >= 0.3 is 12.1 Å². The maximum absolute atomic E-state index is 12.8. The highest BCUT2D eigenvalue weighted by Gasteiger charge is 2.44. The van der Waals surface area contributed by atoms with E-state index in [9.17, 15) is 19.5 Å². The molecule has 1 saturated heterocycles. The lowest BCUT2D eigenvalue weighted by atomic mass is 10.1. The molecule has 0 unspecified atom stereocenters. The van der Waals surface area contributed by atoms with Crippen LogP contribution in [0.3, 0.4) is 0 Å². The average molecular weight is 316 g/mol. The lowest BCUT2D eigenvalue weighted by Gasteiger charge is -2.33. The topological polar surface area (TPSA) is 105 Å². The normalized spacial score (nSPS) is 23.7. The molecule has 22 heavy (non-hydrogen) atoms. The van der Waals surface area contributed by atoms with Crippen LogP contribution in [0.25, 0.3) is 0 Å². The minimum absolute atomic E-state index is 0.153. The van der Waals surface area contributed by atoms with Gasteiger partial charge in [0.25, 0.3) is 0 Å². The van der Waals surface area contributed by atoms with E-state index in [1.165, 1.54) is 19.1 Å². The van der Waals surface area contributed by atoms with Gasteiger partial charge in [0.2, 0.25) is 5.91 Å². The monoisotopic (exact) mass is 316 g/mol. The Morgan fingerprint density at radius 3 is 2.41 bits per heavy atom. The number of carboxylic acid groups (broad SMARTS) is 1. The van der Waals surface area contributed by atoms with Crippen LogP contribution in [0.4, 0.5) is 4.79 Å². The number of hydrogen-bond donors (Lipinski definition) is 2. The molecular weight excluding hydrogens is 292 g/mol. The highest BCUT2D eigenvalue weighted by Crippen LogP contribution is 2.28.